The van der Waals surface area contributed by atoms with E-state index in [9.17, 15) is 0 Å². The second kappa shape index (κ2) is 2.95. The first kappa shape index (κ1) is 6.70. The van der Waals surface area contributed by atoms with Crippen LogP contribution in [0.25, 0.3) is 0 Å². The van der Waals surface area contributed by atoms with Gasteiger partial charge >= 0.3 is 0 Å². The standard InChI is InChI=1S/C8H13N3/c1-2-6-10(7-3-1)11-8-4-5-9-11/h4-5,8H,1-3,6-7H2. The molecule has 0 aromatic carbocycles. The van der Waals surface area contributed by atoms with E-state index in [2.05, 4.69) is 10.1 Å². The molecule has 0 saturated carbocycles. The van der Waals surface area contributed by atoms with Crippen LogP contribution in [-0.2, 0) is 0 Å². The van der Waals surface area contributed by atoms with E-state index in [1.165, 1.54) is 19.3 Å². The largest absolute Gasteiger partial charge is 0.297 e. The molecule has 0 radical (unpaired) electrons. The monoisotopic (exact) mass is 151 g/mol. The van der Waals surface area contributed by atoms with Crippen LogP contribution in [0.2, 0.25) is 0 Å². The fourth-order valence-electron chi connectivity index (χ4n) is 1.51. The molecule has 0 aliphatic carbocycles. The van der Waals surface area contributed by atoms with Crippen LogP contribution in [0.5, 0.6) is 0 Å². The van der Waals surface area contributed by atoms with E-state index in [0.717, 1.165) is 13.1 Å². The van der Waals surface area contributed by atoms with Crippen molar-refractivity contribution in [1.82, 2.24) is 9.89 Å². The molecule has 0 N–H and O–H groups in total. The van der Waals surface area contributed by atoms with Crippen molar-refractivity contribution in [2.75, 3.05) is 18.1 Å². The van der Waals surface area contributed by atoms with E-state index in [0.29, 0.717) is 0 Å². The molecule has 0 unspecified atom stereocenters. The molecule has 0 amide bonds. The first-order valence-electron chi connectivity index (χ1n) is 4.22. The van der Waals surface area contributed by atoms with E-state index < -0.39 is 0 Å². The summed E-state index contributed by atoms with van der Waals surface area (Å²) >= 11 is 0. The molecule has 1 saturated heterocycles. The molecular weight excluding hydrogens is 138 g/mol. The molecule has 3 nitrogen and oxygen atoms in total. The van der Waals surface area contributed by atoms with Gasteiger partial charge in [0, 0.05) is 19.3 Å². The summed E-state index contributed by atoms with van der Waals surface area (Å²) in [6, 6.07) is 1.97. The maximum Gasteiger partial charge on any atom is 0.0510 e. The van der Waals surface area contributed by atoms with Crippen molar-refractivity contribution < 1.29 is 0 Å². The zero-order valence-electron chi connectivity index (χ0n) is 6.61. The van der Waals surface area contributed by atoms with E-state index in [4.69, 9.17) is 0 Å². The Balaban J connectivity index is 2.04. The molecular formula is C8H13N3. The average molecular weight is 151 g/mol. The average Bonchev–Trinajstić information content (AvgIpc) is 2.58. The minimum absolute atomic E-state index is 1.15. The number of hydrogen-bond acceptors (Lipinski definition) is 2. The predicted molar refractivity (Wildman–Crippen MR) is 44.0 cm³/mol. The summed E-state index contributed by atoms with van der Waals surface area (Å²) in [6.45, 7) is 2.31. The number of aromatic nitrogens is 2. The Kier molecular flexibility index (Phi) is 1.79. The molecule has 2 heterocycles. The molecule has 60 valence electrons. The molecule has 1 aromatic rings. The molecule has 1 aliphatic rings. The summed E-state index contributed by atoms with van der Waals surface area (Å²) in [5.74, 6) is 0. The van der Waals surface area contributed by atoms with Crippen LogP contribution in [0.1, 0.15) is 19.3 Å². The van der Waals surface area contributed by atoms with Gasteiger partial charge in [0.05, 0.1) is 6.20 Å². The third kappa shape index (κ3) is 1.37. The molecule has 1 aromatic heterocycles. The zero-order chi connectivity index (χ0) is 7.52. The lowest BCUT2D eigenvalue weighted by molar-refractivity contribution is 0.449. The minimum Gasteiger partial charge on any atom is -0.297 e. The number of hydrogen-bond donors (Lipinski definition) is 0. The van der Waals surface area contributed by atoms with E-state index in [1.807, 2.05) is 23.3 Å². The van der Waals surface area contributed by atoms with Gasteiger partial charge in [0.2, 0.25) is 0 Å². The van der Waals surface area contributed by atoms with E-state index in [1.54, 1.807) is 0 Å². The van der Waals surface area contributed by atoms with Crippen molar-refractivity contribution in [3.8, 4) is 0 Å². The highest BCUT2D eigenvalue weighted by Crippen LogP contribution is 2.06. The van der Waals surface area contributed by atoms with Gasteiger partial charge in [-0.25, -0.2) is 0 Å². The molecule has 0 spiro atoms. The molecule has 0 bridgehead atoms. The Morgan fingerprint density at radius 3 is 2.55 bits per heavy atom. The molecule has 1 fully saturated rings. The maximum atomic E-state index is 4.18. The second-order valence-electron chi connectivity index (χ2n) is 2.94. The smallest absolute Gasteiger partial charge is 0.0510 e. The van der Waals surface area contributed by atoms with Gasteiger partial charge in [0.15, 0.2) is 0 Å². The van der Waals surface area contributed by atoms with Crippen molar-refractivity contribution >= 4 is 0 Å². The van der Waals surface area contributed by atoms with Crippen LogP contribution >= 0.6 is 0 Å². The van der Waals surface area contributed by atoms with Crippen molar-refractivity contribution in [3.05, 3.63) is 18.5 Å². The lowest BCUT2D eigenvalue weighted by atomic mass is 10.2. The Bertz CT molecular complexity index is 199. The van der Waals surface area contributed by atoms with E-state index in [-0.39, 0.29) is 0 Å². The van der Waals surface area contributed by atoms with Gasteiger partial charge in [-0.3, -0.25) is 5.01 Å². The topological polar surface area (TPSA) is 21.1 Å². The summed E-state index contributed by atoms with van der Waals surface area (Å²) in [4.78, 5) is 1.94. The third-order valence-corrected chi connectivity index (χ3v) is 2.11. The second-order valence-corrected chi connectivity index (χ2v) is 2.94. The number of piperidine rings is 1. The van der Waals surface area contributed by atoms with Crippen molar-refractivity contribution in [1.29, 1.82) is 0 Å². The SMILES string of the molecule is c1cnn(N2CCCCC2)c1. The quantitative estimate of drug-likeness (QED) is 0.597. The van der Waals surface area contributed by atoms with Gasteiger partial charge in [-0.1, -0.05) is 0 Å². The molecule has 11 heavy (non-hydrogen) atoms. The zero-order valence-corrected chi connectivity index (χ0v) is 6.61. The van der Waals surface area contributed by atoms with Gasteiger partial charge in [0.1, 0.15) is 0 Å². The fraction of sp³-hybridized carbons (Fsp3) is 0.625. The highest BCUT2D eigenvalue weighted by molar-refractivity contribution is 4.90. The van der Waals surface area contributed by atoms with E-state index >= 15 is 0 Å². The molecule has 2 rings (SSSR count). The Hall–Kier alpha value is -0.990. The molecule has 3 heteroatoms. The van der Waals surface area contributed by atoms with Gasteiger partial charge in [-0.15, -0.1) is 0 Å². The summed E-state index contributed by atoms with van der Waals surface area (Å²) in [5.41, 5.74) is 0. The summed E-state index contributed by atoms with van der Waals surface area (Å²) in [5, 5.41) is 6.46. The number of nitrogens with zero attached hydrogens (tertiary/aromatic N) is 3. The van der Waals surface area contributed by atoms with Crippen molar-refractivity contribution in [2.24, 2.45) is 0 Å². The van der Waals surface area contributed by atoms with Crippen molar-refractivity contribution in [2.45, 2.75) is 19.3 Å². The van der Waals surface area contributed by atoms with Crippen LogP contribution < -0.4 is 5.01 Å². The lowest BCUT2D eigenvalue weighted by Gasteiger charge is -2.27. The van der Waals surface area contributed by atoms with Gasteiger partial charge in [-0.2, -0.15) is 9.89 Å². The van der Waals surface area contributed by atoms with Crippen molar-refractivity contribution in [3.63, 3.8) is 0 Å². The predicted octanol–water partition coefficient (Wildman–Crippen LogP) is 1.00. The van der Waals surface area contributed by atoms with Gasteiger partial charge < -0.3 is 0 Å². The first-order valence-corrected chi connectivity index (χ1v) is 4.22. The van der Waals surface area contributed by atoms with Gasteiger partial charge in [-0.05, 0) is 25.3 Å². The maximum absolute atomic E-state index is 4.18. The highest BCUT2D eigenvalue weighted by Gasteiger charge is 2.09. The summed E-state index contributed by atoms with van der Waals surface area (Å²) < 4.78 is 0. The minimum atomic E-state index is 1.15. The first-order chi connectivity index (χ1) is 5.47. The summed E-state index contributed by atoms with van der Waals surface area (Å²) in [7, 11) is 0. The molecule has 0 atom stereocenters. The van der Waals surface area contributed by atoms with Crippen LogP contribution in [-0.4, -0.2) is 23.0 Å². The lowest BCUT2D eigenvalue weighted by Crippen LogP contribution is -2.39. The van der Waals surface area contributed by atoms with Crippen LogP contribution in [0.3, 0.4) is 0 Å². The van der Waals surface area contributed by atoms with Crippen LogP contribution in [0, 0.1) is 0 Å². The molecule has 1 aliphatic heterocycles. The van der Waals surface area contributed by atoms with Crippen LogP contribution in [0.15, 0.2) is 18.5 Å². The van der Waals surface area contributed by atoms with Crippen LogP contribution in [0.4, 0.5) is 0 Å². The highest BCUT2D eigenvalue weighted by atomic mass is 15.6. The van der Waals surface area contributed by atoms with Gasteiger partial charge in [0.25, 0.3) is 0 Å². The normalized spacial score (nSPS) is 18.7. The Morgan fingerprint density at radius 1 is 1.09 bits per heavy atom. The fourth-order valence-corrected chi connectivity index (χ4v) is 1.51. The Labute approximate surface area is 66.6 Å². The third-order valence-electron chi connectivity index (χ3n) is 2.11. The Morgan fingerprint density at radius 2 is 1.91 bits per heavy atom. The number of rotatable bonds is 1. The summed E-state index contributed by atoms with van der Waals surface area (Å²) in [6.07, 6.45) is 7.82.